The van der Waals surface area contributed by atoms with Crippen molar-refractivity contribution in [2.45, 2.75) is 138 Å². The van der Waals surface area contributed by atoms with Gasteiger partial charge in [-0.05, 0) is 148 Å². The summed E-state index contributed by atoms with van der Waals surface area (Å²) in [6.07, 6.45) is -0.948. The van der Waals surface area contributed by atoms with Crippen LogP contribution in [0.4, 0.5) is 5.69 Å². The molecule has 1 aliphatic carbocycles. The summed E-state index contributed by atoms with van der Waals surface area (Å²) in [5, 5.41) is 90.7. The molecule has 582 valence electrons. The minimum absolute atomic E-state index is 0.0785. The summed E-state index contributed by atoms with van der Waals surface area (Å²) in [5.41, 5.74) is 15.9. The van der Waals surface area contributed by atoms with Crippen LogP contribution < -0.4 is 70.1 Å². The molecule has 3 aliphatic rings. The molecule has 0 saturated carbocycles. The molecular formula is C76H87N13O18S3. The van der Waals surface area contributed by atoms with E-state index in [1.807, 2.05) is 0 Å². The number of carbonyl (C=O) groups is 10. The number of phenolic OH excluding ortho intramolecular Hbond substituents is 2. The van der Waals surface area contributed by atoms with E-state index in [0.29, 0.717) is 74.6 Å². The Morgan fingerprint density at radius 2 is 1.33 bits per heavy atom. The second-order valence-electron chi connectivity index (χ2n) is 26.5. The Morgan fingerprint density at radius 3 is 2.04 bits per heavy atom. The van der Waals surface area contributed by atoms with Crippen molar-refractivity contribution < 1.29 is 83.0 Å². The molecule has 2 aliphatic heterocycles. The van der Waals surface area contributed by atoms with Crippen LogP contribution in [0.2, 0.25) is 0 Å². The van der Waals surface area contributed by atoms with Gasteiger partial charge in [0, 0.05) is 88.7 Å². The molecule has 5 aromatic carbocycles. The summed E-state index contributed by atoms with van der Waals surface area (Å²) >= 11 is 5.58. The maximum absolute atomic E-state index is 15.3. The number of hydrogen-bond acceptors (Lipinski definition) is 21. The van der Waals surface area contributed by atoms with E-state index in [2.05, 4.69) is 58.2 Å². The number of aliphatic carboxylic acids is 1. The van der Waals surface area contributed by atoms with E-state index in [-0.39, 0.29) is 90.6 Å². The second-order valence-corrected chi connectivity index (χ2v) is 29.5. The van der Waals surface area contributed by atoms with Crippen LogP contribution in [0, 0.1) is 0 Å². The largest absolute Gasteiger partial charge is 0.508 e. The van der Waals surface area contributed by atoms with Crippen LogP contribution in [0.25, 0.3) is 44.3 Å². The molecule has 0 radical (unpaired) electrons. The lowest BCUT2D eigenvalue weighted by Crippen LogP contribution is -2.62. The molecule has 0 unspecified atom stereocenters. The predicted octanol–water partition coefficient (Wildman–Crippen LogP) is 2.92. The van der Waals surface area contributed by atoms with Crippen LogP contribution in [0.15, 0.2) is 149 Å². The zero-order chi connectivity index (χ0) is 79.3. The predicted molar refractivity (Wildman–Crippen MR) is 417 cm³/mol. The van der Waals surface area contributed by atoms with Gasteiger partial charge in [0.25, 0.3) is 0 Å². The number of fused-ring (bicyclic) bond motifs is 3. The van der Waals surface area contributed by atoms with Gasteiger partial charge in [-0.1, -0.05) is 88.3 Å². The first-order chi connectivity index (χ1) is 52.6. The number of nitrogens with one attached hydrogen (secondary N) is 11. The number of rotatable bonds is 27. The number of aliphatic hydroxyl groups is 2. The number of H-pyrrole nitrogens is 1. The van der Waals surface area contributed by atoms with Crippen LogP contribution in [0.5, 0.6) is 11.5 Å². The van der Waals surface area contributed by atoms with Gasteiger partial charge in [0.15, 0.2) is 16.6 Å². The number of aromatic carboxylic acids is 1. The summed E-state index contributed by atoms with van der Waals surface area (Å²) in [6, 6.07) is 20.2. The number of unbranched alkanes of at least 4 members (excludes halogenated alkanes) is 2. The number of benzene rings is 6. The van der Waals surface area contributed by atoms with E-state index in [0.717, 1.165) is 28.5 Å². The number of amides is 8. The van der Waals surface area contributed by atoms with Gasteiger partial charge in [0.2, 0.25) is 47.3 Å². The average Bonchev–Trinajstić information content (AvgIpc) is 0.893. The quantitative estimate of drug-likeness (QED) is 0.0152. The molecule has 21 N–H and O–H groups in total. The fourth-order valence-corrected chi connectivity index (χ4v) is 14.9. The highest BCUT2D eigenvalue weighted by Gasteiger charge is 2.38. The zero-order valence-corrected chi connectivity index (χ0v) is 62.2. The first-order valence-corrected chi connectivity index (χ1v) is 38.3. The van der Waals surface area contributed by atoms with Gasteiger partial charge in [-0.25, -0.2) is 9.59 Å². The van der Waals surface area contributed by atoms with Gasteiger partial charge >= 0.3 is 11.9 Å². The molecule has 1 fully saturated rings. The molecule has 11 atom stereocenters. The first-order valence-electron chi connectivity index (χ1n) is 35.4. The molecule has 34 heteroatoms. The Hall–Kier alpha value is -11.1. The Morgan fingerprint density at radius 1 is 0.655 bits per heavy atom. The fourth-order valence-electron chi connectivity index (χ4n) is 12.3. The molecule has 6 aromatic rings. The first kappa shape index (κ1) is 82.9. The van der Waals surface area contributed by atoms with Crippen molar-refractivity contribution in [1.29, 1.82) is 0 Å². The smallest absolute Gasteiger partial charge is 0.336 e. The lowest BCUT2D eigenvalue weighted by atomic mass is 9.90. The zero-order valence-electron chi connectivity index (χ0n) is 59.8. The SMILES string of the molecule is C[C@@H](O)[C@H](NC(=O)[C@@H]1CSSC[C@H](NC(=O)[C@@H](Cc2ccccc2)NC(=O)[C@@H](N)CCCCNC(=S)Nc2ccc(-c3c4ccc(=O)cc-4oc4cc(O)ccc34)c(C(=O)O)c2)C(=O)N[C@@H](Cc2ccc(O)cc2)C(=O)N[C@H](Cc2c[nH]c3ccccc23)C(=O)N[C@@H](CCCCN)C(=O)N[C@H]([C@@H](C)O)C(=O)N1)C(=O)O. The van der Waals surface area contributed by atoms with E-state index in [4.69, 9.17) is 28.1 Å². The number of aliphatic hydroxyl groups excluding tert-OH is 2. The van der Waals surface area contributed by atoms with E-state index in [1.54, 1.807) is 85.1 Å². The average molecular weight is 1570 g/mol. The molecule has 9 rings (SSSR count). The summed E-state index contributed by atoms with van der Waals surface area (Å²) in [4.78, 5) is 158. The number of carbonyl (C=O) groups excluding carboxylic acids is 8. The third-order valence-electron chi connectivity index (χ3n) is 18.2. The van der Waals surface area contributed by atoms with E-state index >= 15 is 14.4 Å². The number of thiocarbonyl (C=S) groups is 1. The Labute approximate surface area is 643 Å². The normalized spacial score (nSPS) is 19.0. The Balaban J connectivity index is 0.953. The summed E-state index contributed by atoms with van der Waals surface area (Å²) < 4.78 is 5.95. The van der Waals surface area contributed by atoms with Crippen molar-refractivity contribution in [3.63, 3.8) is 0 Å². The van der Waals surface area contributed by atoms with Crippen LogP contribution >= 0.6 is 33.8 Å². The van der Waals surface area contributed by atoms with Crippen LogP contribution in [-0.2, 0) is 62.4 Å². The number of aromatic nitrogens is 1. The standard InChI is InChI=1S/C76H87N13O18S3/c1-39(90)64-73(102)87-60(72(101)89-65(40(2)91)75(105)106)38-110-109-37-59(71(100)84-57(31-42-18-21-45(92)22-19-42)68(97)85-58(32-43-36-80-54-16-7-6-14-48(43)54)70(99)82-55(67(96)88-64)17-8-10-28-77)86-69(98)56(30-41-12-4-3-5-13-41)83-66(95)53(78)15-9-11-29-79-76(108)81-44-20-25-49(52(33-44)74(103)104)63-50-26-23-46(93)34-61(50)107-62-35-47(94)24-27-51(62)63/h3-7,12-14,16,18-27,33-36,39-40,53,55-60,64-65,80,90-93H,8-11,15,17,28-32,37-38,77-78H2,1-2H3,(H,82,99)(H,83,95)(H,84,100)(H,85,97)(H,86,98)(H,87,102)(H,88,96)(H,89,101)(H,103,104)(H,105,106)(H2,79,81,108)/t39-,40-,53+,55+,56-,57+,58-,59+,60+,64-,65+/m1/s1. The molecular weight excluding hydrogens is 1480 g/mol. The molecule has 0 bridgehead atoms. The Kier molecular flexibility index (Phi) is 29.6. The summed E-state index contributed by atoms with van der Waals surface area (Å²) in [7, 11) is 1.70. The van der Waals surface area contributed by atoms with E-state index in [9.17, 15) is 69.0 Å². The molecule has 1 saturated heterocycles. The van der Waals surface area contributed by atoms with E-state index in [1.165, 1.54) is 61.5 Å². The molecule has 3 heterocycles. The highest BCUT2D eigenvalue weighted by atomic mass is 33.1. The molecule has 0 spiro atoms. The Bertz CT molecular complexity index is 4680. The van der Waals surface area contributed by atoms with Crippen molar-refractivity contribution in [2.24, 2.45) is 11.5 Å². The summed E-state index contributed by atoms with van der Waals surface area (Å²) in [5.74, 6) is -11.5. The number of carboxylic acid groups (broad SMARTS) is 2. The molecule has 1 aromatic heterocycles. The maximum atomic E-state index is 15.3. The van der Waals surface area contributed by atoms with Crippen LogP contribution in [-0.4, -0.2) is 191 Å². The van der Waals surface area contributed by atoms with Crippen molar-refractivity contribution in [3.8, 4) is 33.9 Å². The maximum Gasteiger partial charge on any atom is 0.336 e. The lowest BCUT2D eigenvalue weighted by Gasteiger charge is -2.29. The topological polar surface area (TPSA) is 510 Å². The van der Waals surface area contributed by atoms with Crippen molar-refractivity contribution in [1.82, 2.24) is 52.8 Å². The lowest BCUT2D eigenvalue weighted by molar-refractivity contribution is -0.145. The van der Waals surface area contributed by atoms with Crippen molar-refractivity contribution >= 4 is 126 Å². The van der Waals surface area contributed by atoms with Gasteiger partial charge in [-0.3, -0.25) is 43.2 Å². The number of carboxylic acids is 2. The minimum Gasteiger partial charge on any atom is -0.508 e. The number of hydrogen-bond donors (Lipinski definition) is 19. The van der Waals surface area contributed by atoms with Crippen LogP contribution in [0.3, 0.4) is 0 Å². The molecule has 31 nitrogen and oxygen atoms in total. The number of phenols is 2. The van der Waals surface area contributed by atoms with Gasteiger partial charge < -0.3 is 105 Å². The van der Waals surface area contributed by atoms with Crippen molar-refractivity contribution in [3.05, 3.63) is 172 Å². The highest BCUT2D eigenvalue weighted by Crippen LogP contribution is 2.42. The van der Waals surface area contributed by atoms with Gasteiger partial charge in [-0.2, -0.15) is 0 Å². The number of para-hydroxylation sites is 1. The van der Waals surface area contributed by atoms with Crippen molar-refractivity contribution in [2.75, 3.05) is 29.9 Å². The summed E-state index contributed by atoms with van der Waals surface area (Å²) in [6.45, 7) is 2.72. The third kappa shape index (κ3) is 22.7. The minimum atomic E-state index is -1.90. The molecule has 110 heavy (non-hydrogen) atoms. The molecule has 8 amide bonds. The number of aromatic hydroxyl groups is 2. The number of nitrogens with two attached hydrogens (primary N) is 2. The third-order valence-corrected chi connectivity index (χ3v) is 20.9. The fraction of sp³-hybridized carbons (Fsp3) is 0.342. The monoisotopic (exact) mass is 1570 g/mol. The number of anilines is 1. The van der Waals surface area contributed by atoms with E-state index < -0.39 is 137 Å². The second kappa shape index (κ2) is 39.3. The highest BCUT2D eigenvalue weighted by molar-refractivity contribution is 8.76. The van der Waals surface area contributed by atoms with Crippen LogP contribution in [0.1, 0.15) is 79.4 Å². The number of aromatic amines is 1. The van der Waals surface area contributed by atoms with Gasteiger partial charge in [0.05, 0.1) is 23.8 Å². The van der Waals surface area contributed by atoms with Gasteiger partial charge in [0.1, 0.15) is 65.1 Å². The van der Waals surface area contributed by atoms with Gasteiger partial charge in [-0.15, -0.1) is 0 Å².